The molecule has 0 N–H and O–H groups in total. The molecule has 2 aromatic heterocycles. The summed E-state index contributed by atoms with van der Waals surface area (Å²) < 4.78 is 25.2. The third-order valence-corrected chi connectivity index (χ3v) is 3.02. The minimum atomic E-state index is -2.62. The molecule has 0 radical (unpaired) electrons. The third kappa shape index (κ3) is 2.24. The Hall–Kier alpha value is -1.36. The van der Waals surface area contributed by atoms with E-state index >= 15 is 0 Å². The molecule has 0 aliphatic carbocycles. The maximum Gasteiger partial charge on any atom is 0.297 e. The zero-order valence-electron chi connectivity index (χ0n) is 8.65. The highest BCUT2D eigenvalue weighted by molar-refractivity contribution is 7.13. The highest BCUT2D eigenvalue weighted by Gasteiger charge is 2.14. The van der Waals surface area contributed by atoms with E-state index in [-0.39, 0.29) is 5.82 Å². The Kier molecular flexibility index (Phi) is 3.24. The van der Waals surface area contributed by atoms with Crippen LogP contribution in [0.2, 0.25) is 0 Å². The largest absolute Gasteiger partial charge is 0.297 e. The number of rotatable bonds is 3. The van der Waals surface area contributed by atoms with Gasteiger partial charge in [0, 0.05) is 5.69 Å². The smallest absolute Gasteiger partial charge is 0.232 e. The van der Waals surface area contributed by atoms with Gasteiger partial charge in [-0.15, -0.1) is 11.3 Å². The first-order valence-corrected chi connectivity index (χ1v) is 5.78. The molecule has 0 fully saturated rings. The number of alkyl halides is 2. The number of nitrogens with zero attached hydrogens (tertiary/aromatic N) is 2. The second-order valence-corrected chi connectivity index (χ2v) is 4.18. The first kappa shape index (κ1) is 11.1. The monoisotopic (exact) mass is 240 g/mol. The van der Waals surface area contributed by atoms with Crippen LogP contribution in [0, 0.1) is 0 Å². The fourth-order valence-electron chi connectivity index (χ4n) is 1.35. The van der Waals surface area contributed by atoms with Crippen molar-refractivity contribution in [3.05, 3.63) is 35.1 Å². The summed E-state index contributed by atoms with van der Waals surface area (Å²) in [5.41, 5.74) is 1.23. The van der Waals surface area contributed by atoms with Crippen LogP contribution in [0.1, 0.15) is 24.9 Å². The van der Waals surface area contributed by atoms with Gasteiger partial charge in [-0.05, 0) is 23.9 Å². The molecule has 0 aromatic carbocycles. The Morgan fingerprint density at radius 1 is 1.38 bits per heavy atom. The lowest BCUT2D eigenvalue weighted by Crippen LogP contribution is -2.00. The highest BCUT2D eigenvalue weighted by atomic mass is 32.1. The molecule has 0 spiro atoms. The van der Waals surface area contributed by atoms with E-state index in [1.165, 1.54) is 11.3 Å². The van der Waals surface area contributed by atoms with Crippen molar-refractivity contribution >= 4 is 11.3 Å². The minimum absolute atomic E-state index is 0.386. The second-order valence-electron chi connectivity index (χ2n) is 3.23. The number of halogens is 2. The van der Waals surface area contributed by atoms with Crippen molar-refractivity contribution in [2.24, 2.45) is 0 Å². The number of aryl methyl sites for hydroxylation is 1. The topological polar surface area (TPSA) is 25.8 Å². The lowest BCUT2D eigenvalue weighted by atomic mass is 10.2. The minimum Gasteiger partial charge on any atom is -0.232 e. The Bertz CT molecular complexity index is 469. The molecule has 0 unspecified atom stereocenters. The predicted octanol–water partition coefficient (Wildman–Crippen LogP) is 3.71. The van der Waals surface area contributed by atoms with Crippen molar-refractivity contribution in [1.29, 1.82) is 0 Å². The highest BCUT2D eigenvalue weighted by Crippen LogP contribution is 2.25. The molecule has 2 rings (SSSR count). The summed E-state index contributed by atoms with van der Waals surface area (Å²) in [5, 5.41) is 1.89. The average Bonchev–Trinajstić information content (AvgIpc) is 2.81. The van der Waals surface area contributed by atoms with Gasteiger partial charge in [-0.1, -0.05) is 13.0 Å². The Labute approximate surface area is 96.0 Å². The van der Waals surface area contributed by atoms with Gasteiger partial charge < -0.3 is 0 Å². The first-order chi connectivity index (χ1) is 7.70. The van der Waals surface area contributed by atoms with Gasteiger partial charge in [0.25, 0.3) is 6.43 Å². The quantitative estimate of drug-likeness (QED) is 0.817. The molecule has 0 amide bonds. The van der Waals surface area contributed by atoms with Crippen molar-refractivity contribution in [2.75, 3.05) is 0 Å². The summed E-state index contributed by atoms with van der Waals surface area (Å²) in [6, 6.07) is 5.50. The molecule has 5 heteroatoms. The van der Waals surface area contributed by atoms with E-state index in [0.717, 1.165) is 4.88 Å². The molecule has 0 saturated carbocycles. The van der Waals surface area contributed by atoms with Crippen molar-refractivity contribution in [2.45, 2.75) is 19.8 Å². The molecule has 0 bridgehead atoms. The Morgan fingerprint density at radius 2 is 2.19 bits per heavy atom. The van der Waals surface area contributed by atoms with Crippen molar-refractivity contribution in [3.8, 4) is 10.6 Å². The average molecular weight is 240 g/mol. The first-order valence-electron chi connectivity index (χ1n) is 4.90. The number of hydrogen-bond acceptors (Lipinski definition) is 3. The SMILES string of the molecule is CCc1cc(-c2cccs2)nc(C(F)F)n1. The van der Waals surface area contributed by atoms with Crippen LogP contribution < -0.4 is 0 Å². The van der Waals surface area contributed by atoms with Gasteiger partial charge >= 0.3 is 0 Å². The van der Waals surface area contributed by atoms with Crippen LogP contribution in [0.15, 0.2) is 23.6 Å². The summed E-state index contributed by atoms with van der Waals surface area (Å²) in [6.45, 7) is 1.88. The van der Waals surface area contributed by atoms with E-state index in [2.05, 4.69) is 9.97 Å². The van der Waals surface area contributed by atoms with Crippen LogP contribution in [0.4, 0.5) is 8.78 Å². The summed E-state index contributed by atoms with van der Waals surface area (Å²) in [5.74, 6) is -0.386. The Balaban J connectivity index is 2.49. The molecule has 16 heavy (non-hydrogen) atoms. The van der Waals surface area contributed by atoms with Crippen LogP contribution in [0.5, 0.6) is 0 Å². The summed E-state index contributed by atoms with van der Waals surface area (Å²) >= 11 is 1.48. The van der Waals surface area contributed by atoms with E-state index in [9.17, 15) is 8.78 Å². The van der Waals surface area contributed by atoms with Crippen molar-refractivity contribution in [3.63, 3.8) is 0 Å². The molecule has 0 saturated heterocycles. The van der Waals surface area contributed by atoms with E-state index < -0.39 is 6.43 Å². The maximum atomic E-state index is 12.6. The zero-order valence-corrected chi connectivity index (χ0v) is 9.47. The molecule has 2 heterocycles. The lowest BCUT2D eigenvalue weighted by Gasteiger charge is -2.04. The fraction of sp³-hybridized carbons (Fsp3) is 0.273. The van der Waals surface area contributed by atoms with Gasteiger partial charge in [0.15, 0.2) is 5.82 Å². The maximum absolute atomic E-state index is 12.6. The number of thiophene rings is 1. The van der Waals surface area contributed by atoms with Crippen LogP contribution in [-0.2, 0) is 6.42 Å². The van der Waals surface area contributed by atoms with Crippen LogP contribution >= 0.6 is 11.3 Å². The zero-order chi connectivity index (χ0) is 11.5. The normalized spacial score (nSPS) is 11.0. The van der Waals surface area contributed by atoms with Gasteiger partial charge in [0.05, 0.1) is 10.6 Å². The predicted molar refractivity (Wildman–Crippen MR) is 59.7 cm³/mol. The van der Waals surface area contributed by atoms with Gasteiger partial charge in [-0.2, -0.15) is 0 Å². The molecule has 2 aromatic rings. The summed E-state index contributed by atoms with van der Waals surface area (Å²) in [6.07, 6.45) is -1.99. The van der Waals surface area contributed by atoms with Crippen LogP contribution in [-0.4, -0.2) is 9.97 Å². The molecule has 2 nitrogen and oxygen atoms in total. The molecular weight excluding hydrogens is 230 g/mol. The molecule has 84 valence electrons. The molecular formula is C11H10F2N2S. The molecule has 0 atom stereocenters. The summed E-state index contributed by atoms with van der Waals surface area (Å²) in [4.78, 5) is 8.57. The third-order valence-electron chi connectivity index (χ3n) is 2.13. The van der Waals surface area contributed by atoms with Gasteiger partial charge in [-0.3, -0.25) is 0 Å². The van der Waals surface area contributed by atoms with E-state index in [0.29, 0.717) is 17.8 Å². The van der Waals surface area contributed by atoms with Crippen LogP contribution in [0.3, 0.4) is 0 Å². The Morgan fingerprint density at radius 3 is 2.75 bits per heavy atom. The van der Waals surface area contributed by atoms with E-state index in [1.54, 1.807) is 6.07 Å². The van der Waals surface area contributed by atoms with E-state index in [4.69, 9.17) is 0 Å². The van der Waals surface area contributed by atoms with Crippen molar-refractivity contribution in [1.82, 2.24) is 9.97 Å². The van der Waals surface area contributed by atoms with Crippen LogP contribution in [0.25, 0.3) is 10.6 Å². The van der Waals surface area contributed by atoms with Gasteiger partial charge in [0.2, 0.25) is 0 Å². The van der Waals surface area contributed by atoms with Gasteiger partial charge in [-0.25, -0.2) is 18.7 Å². The summed E-state index contributed by atoms with van der Waals surface area (Å²) in [7, 11) is 0. The fourth-order valence-corrected chi connectivity index (χ4v) is 2.03. The molecule has 0 aliphatic rings. The standard InChI is InChI=1S/C11H10F2N2S/c1-2-7-6-8(9-4-3-5-16-9)15-11(14-7)10(12)13/h3-6,10H,2H2,1H3. The number of aromatic nitrogens is 2. The second kappa shape index (κ2) is 4.65. The molecule has 0 aliphatic heterocycles. The van der Waals surface area contributed by atoms with Gasteiger partial charge in [0.1, 0.15) is 0 Å². The van der Waals surface area contributed by atoms with E-state index in [1.807, 2.05) is 24.4 Å². The van der Waals surface area contributed by atoms with Crippen molar-refractivity contribution < 1.29 is 8.78 Å². The number of hydrogen-bond donors (Lipinski definition) is 0. The lowest BCUT2D eigenvalue weighted by molar-refractivity contribution is 0.140.